The number of hydrogen-bond acceptors (Lipinski definition) is 4. The van der Waals surface area contributed by atoms with Gasteiger partial charge in [0.1, 0.15) is 6.04 Å². The molecule has 2 rings (SSSR count). The lowest BCUT2D eigenvalue weighted by molar-refractivity contribution is -0.140. The fourth-order valence-corrected chi connectivity index (χ4v) is 4.71. The van der Waals surface area contributed by atoms with Crippen molar-refractivity contribution in [2.45, 2.75) is 66.5 Å². The number of carbonyl (C=O) groups is 2. The van der Waals surface area contributed by atoms with Crippen LogP contribution >= 0.6 is 0 Å². The van der Waals surface area contributed by atoms with E-state index in [4.69, 9.17) is 0 Å². The lowest BCUT2D eigenvalue weighted by atomic mass is 10.1. The van der Waals surface area contributed by atoms with E-state index in [-0.39, 0.29) is 24.8 Å². The van der Waals surface area contributed by atoms with E-state index in [0.29, 0.717) is 25.2 Å². The highest BCUT2D eigenvalue weighted by molar-refractivity contribution is 7.92. The van der Waals surface area contributed by atoms with Crippen LogP contribution in [0.15, 0.2) is 42.5 Å². The SMILES string of the molecule is CCCNC(=O)[C@@H](C)N(Cc1ccc(C)cc1)C(=O)CCCN(c1ccc(C)c(C)c1)S(C)(=O)=O. The van der Waals surface area contributed by atoms with Crippen molar-refractivity contribution in [3.63, 3.8) is 0 Å². The van der Waals surface area contributed by atoms with Gasteiger partial charge in [-0.05, 0) is 69.4 Å². The molecule has 1 atom stereocenters. The molecule has 2 aromatic rings. The van der Waals surface area contributed by atoms with E-state index < -0.39 is 16.1 Å². The zero-order valence-corrected chi connectivity index (χ0v) is 22.6. The molecule has 0 aromatic heterocycles. The molecule has 0 aliphatic heterocycles. The molecule has 192 valence electrons. The zero-order chi connectivity index (χ0) is 26.2. The van der Waals surface area contributed by atoms with Gasteiger partial charge < -0.3 is 10.2 Å². The van der Waals surface area contributed by atoms with Gasteiger partial charge in [0.25, 0.3) is 0 Å². The summed E-state index contributed by atoms with van der Waals surface area (Å²) in [4.78, 5) is 27.5. The van der Waals surface area contributed by atoms with E-state index in [1.54, 1.807) is 17.9 Å². The van der Waals surface area contributed by atoms with Crippen molar-refractivity contribution in [2.24, 2.45) is 0 Å². The third-order valence-corrected chi connectivity index (χ3v) is 7.31. The van der Waals surface area contributed by atoms with Crippen LogP contribution in [0.1, 0.15) is 55.4 Å². The standard InChI is InChI=1S/C27H39N3O4S/c1-7-16-28-27(32)23(5)29(19-24-13-10-20(2)11-14-24)26(31)9-8-17-30(35(6,33)34)25-15-12-21(3)22(4)18-25/h10-15,18,23H,7-9,16-17,19H2,1-6H3,(H,28,32)/t23-/m1/s1. The van der Waals surface area contributed by atoms with Crippen LogP contribution in [0.3, 0.4) is 0 Å². The number of nitrogens with zero attached hydrogens (tertiary/aromatic N) is 2. The van der Waals surface area contributed by atoms with Crippen LogP contribution in [-0.2, 0) is 26.2 Å². The van der Waals surface area contributed by atoms with E-state index in [1.165, 1.54) is 10.6 Å². The van der Waals surface area contributed by atoms with Crippen molar-refractivity contribution in [3.8, 4) is 0 Å². The Hall–Kier alpha value is -2.87. The molecule has 0 aliphatic rings. The summed E-state index contributed by atoms with van der Waals surface area (Å²) in [7, 11) is -3.51. The molecule has 0 saturated carbocycles. The van der Waals surface area contributed by atoms with Crippen LogP contribution < -0.4 is 9.62 Å². The number of sulfonamides is 1. The summed E-state index contributed by atoms with van der Waals surface area (Å²) < 4.78 is 26.3. The minimum Gasteiger partial charge on any atom is -0.354 e. The predicted molar refractivity (Wildman–Crippen MR) is 142 cm³/mol. The van der Waals surface area contributed by atoms with E-state index in [0.717, 1.165) is 28.7 Å². The smallest absolute Gasteiger partial charge is 0.242 e. The van der Waals surface area contributed by atoms with Gasteiger partial charge in [-0.3, -0.25) is 13.9 Å². The normalized spacial score (nSPS) is 12.2. The molecule has 0 spiro atoms. The Bertz CT molecular complexity index is 1110. The number of carbonyl (C=O) groups excluding carboxylic acids is 2. The Labute approximate surface area is 210 Å². The topological polar surface area (TPSA) is 86.8 Å². The first-order valence-corrected chi connectivity index (χ1v) is 14.0. The zero-order valence-electron chi connectivity index (χ0n) is 21.8. The summed E-state index contributed by atoms with van der Waals surface area (Å²) >= 11 is 0. The molecule has 35 heavy (non-hydrogen) atoms. The Kier molecular flexibility index (Phi) is 10.3. The van der Waals surface area contributed by atoms with Gasteiger partial charge in [-0.2, -0.15) is 0 Å². The number of hydrogen-bond donors (Lipinski definition) is 1. The van der Waals surface area contributed by atoms with E-state index >= 15 is 0 Å². The quantitative estimate of drug-likeness (QED) is 0.474. The molecular weight excluding hydrogens is 462 g/mol. The second kappa shape index (κ2) is 12.7. The Morgan fingerprint density at radius 3 is 2.23 bits per heavy atom. The summed E-state index contributed by atoms with van der Waals surface area (Å²) in [6, 6.07) is 12.8. The van der Waals surface area contributed by atoms with Gasteiger partial charge in [-0.1, -0.05) is 42.8 Å². The first-order chi connectivity index (χ1) is 16.4. The number of aryl methyl sites for hydroxylation is 3. The van der Waals surface area contributed by atoms with Crippen LogP contribution in [0, 0.1) is 20.8 Å². The molecule has 2 aromatic carbocycles. The van der Waals surface area contributed by atoms with E-state index in [2.05, 4.69) is 5.32 Å². The lowest BCUT2D eigenvalue weighted by Crippen LogP contribution is -2.47. The largest absolute Gasteiger partial charge is 0.354 e. The molecule has 0 unspecified atom stereocenters. The maximum atomic E-state index is 13.3. The van der Waals surface area contributed by atoms with Crippen LogP contribution in [0.2, 0.25) is 0 Å². The predicted octanol–water partition coefficient (Wildman–Crippen LogP) is 4.10. The molecule has 0 heterocycles. The molecule has 2 amide bonds. The second-order valence-electron chi connectivity index (χ2n) is 9.18. The van der Waals surface area contributed by atoms with Gasteiger partial charge in [0.2, 0.25) is 21.8 Å². The van der Waals surface area contributed by atoms with Gasteiger partial charge in [0, 0.05) is 26.1 Å². The maximum absolute atomic E-state index is 13.3. The molecule has 0 saturated heterocycles. The molecule has 8 heteroatoms. The van der Waals surface area contributed by atoms with Gasteiger partial charge in [0.05, 0.1) is 11.9 Å². The highest BCUT2D eigenvalue weighted by Crippen LogP contribution is 2.22. The number of nitrogens with one attached hydrogen (secondary N) is 1. The maximum Gasteiger partial charge on any atom is 0.242 e. The lowest BCUT2D eigenvalue weighted by Gasteiger charge is -2.29. The highest BCUT2D eigenvalue weighted by atomic mass is 32.2. The summed E-state index contributed by atoms with van der Waals surface area (Å²) in [5.74, 6) is -0.376. The van der Waals surface area contributed by atoms with Crippen molar-refractivity contribution in [1.82, 2.24) is 10.2 Å². The molecule has 1 N–H and O–H groups in total. The molecular formula is C27H39N3O4S. The Balaban J connectivity index is 2.16. The third kappa shape index (κ3) is 8.38. The van der Waals surface area contributed by atoms with Crippen LogP contribution in [0.4, 0.5) is 5.69 Å². The summed E-state index contributed by atoms with van der Waals surface area (Å²) in [5, 5.41) is 2.87. The first-order valence-electron chi connectivity index (χ1n) is 12.1. The second-order valence-corrected chi connectivity index (χ2v) is 11.1. The summed E-state index contributed by atoms with van der Waals surface area (Å²) in [6.07, 6.45) is 2.46. The fourth-order valence-electron chi connectivity index (χ4n) is 3.75. The van der Waals surface area contributed by atoms with Crippen LogP contribution in [0.25, 0.3) is 0 Å². The number of anilines is 1. The van der Waals surface area contributed by atoms with Gasteiger partial charge >= 0.3 is 0 Å². The van der Waals surface area contributed by atoms with Crippen molar-refractivity contribution in [3.05, 3.63) is 64.7 Å². The monoisotopic (exact) mass is 501 g/mol. The Morgan fingerprint density at radius 1 is 1.00 bits per heavy atom. The Morgan fingerprint density at radius 2 is 1.66 bits per heavy atom. The molecule has 0 fully saturated rings. The van der Waals surface area contributed by atoms with E-state index in [1.807, 2.05) is 64.1 Å². The molecule has 0 aliphatic carbocycles. The fraction of sp³-hybridized carbons (Fsp3) is 0.481. The van der Waals surface area contributed by atoms with Gasteiger partial charge in [0.15, 0.2) is 0 Å². The molecule has 0 bridgehead atoms. The first kappa shape index (κ1) is 28.4. The van der Waals surface area contributed by atoms with Crippen molar-refractivity contribution < 1.29 is 18.0 Å². The average molecular weight is 502 g/mol. The van der Waals surface area contributed by atoms with Crippen molar-refractivity contribution in [1.29, 1.82) is 0 Å². The van der Waals surface area contributed by atoms with Crippen molar-refractivity contribution in [2.75, 3.05) is 23.7 Å². The average Bonchev–Trinajstić information content (AvgIpc) is 2.80. The molecule has 0 radical (unpaired) electrons. The highest BCUT2D eigenvalue weighted by Gasteiger charge is 2.26. The minimum atomic E-state index is -3.51. The summed E-state index contributed by atoms with van der Waals surface area (Å²) in [5.41, 5.74) is 4.73. The minimum absolute atomic E-state index is 0.133. The van der Waals surface area contributed by atoms with Crippen LogP contribution in [0.5, 0.6) is 0 Å². The third-order valence-electron chi connectivity index (χ3n) is 6.12. The number of benzene rings is 2. The van der Waals surface area contributed by atoms with Gasteiger partial charge in [-0.15, -0.1) is 0 Å². The van der Waals surface area contributed by atoms with Crippen LogP contribution in [-0.4, -0.2) is 50.5 Å². The number of amides is 2. The van der Waals surface area contributed by atoms with Gasteiger partial charge in [-0.25, -0.2) is 8.42 Å². The van der Waals surface area contributed by atoms with E-state index in [9.17, 15) is 18.0 Å². The molecule has 7 nitrogen and oxygen atoms in total. The van der Waals surface area contributed by atoms with Crippen molar-refractivity contribution >= 4 is 27.5 Å². The number of rotatable bonds is 12. The summed E-state index contributed by atoms with van der Waals surface area (Å²) in [6.45, 7) is 10.7.